The van der Waals surface area contributed by atoms with Gasteiger partial charge in [-0.25, -0.2) is 19.7 Å². The van der Waals surface area contributed by atoms with Crippen LogP contribution in [0, 0.1) is 12.9 Å². The predicted octanol–water partition coefficient (Wildman–Crippen LogP) is 5.34. The molecule has 1 saturated heterocycles. The zero-order valence-corrected chi connectivity index (χ0v) is 19.3. The smallest absolute Gasteiger partial charge is 0.413 e. The van der Waals surface area contributed by atoms with E-state index >= 15 is 0 Å². The fraction of sp³-hybridized carbons (Fsp3) is 0.417. The third-order valence-electron chi connectivity index (χ3n) is 5.26. The molecule has 0 radical (unpaired) electrons. The van der Waals surface area contributed by atoms with Gasteiger partial charge in [-0.05, 0) is 64.3 Å². The molecule has 0 aliphatic carbocycles. The van der Waals surface area contributed by atoms with Crippen LogP contribution in [0.3, 0.4) is 0 Å². The van der Waals surface area contributed by atoms with E-state index in [0.717, 1.165) is 30.5 Å². The molecule has 1 N–H and O–H groups in total. The molecule has 3 heterocycles. The third kappa shape index (κ3) is 5.47. The number of hydrogen-bond donors (Lipinski definition) is 1. The van der Waals surface area contributed by atoms with Crippen molar-refractivity contribution in [1.29, 1.82) is 0 Å². The minimum atomic E-state index is -0.595. The number of ether oxygens (including phenoxy) is 2. The predicted molar refractivity (Wildman–Crippen MR) is 123 cm³/mol. The first-order valence-corrected chi connectivity index (χ1v) is 11.0. The second kappa shape index (κ2) is 9.17. The molecule has 1 unspecified atom stereocenters. The van der Waals surface area contributed by atoms with Gasteiger partial charge in [0.25, 0.3) is 0 Å². The van der Waals surface area contributed by atoms with Crippen LogP contribution in [0.4, 0.5) is 20.7 Å². The number of piperidine rings is 1. The summed E-state index contributed by atoms with van der Waals surface area (Å²) >= 11 is 0. The summed E-state index contributed by atoms with van der Waals surface area (Å²) in [7, 11) is 0. The summed E-state index contributed by atoms with van der Waals surface area (Å²) in [4.78, 5) is 26.3. The number of aryl methyl sites for hydroxylation is 1. The summed E-state index contributed by atoms with van der Waals surface area (Å²) in [5.74, 6) is 0.573. The number of anilines is 2. The number of carbonyl (C=O) groups is 1. The molecule has 1 fully saturated rings. The molecule has 174 valence electrons. The number of hydrogen-bond acceptors (Lipinski definition) is 7. The maximum absolute atomic E-state index is 13.6. The van der Waals surface area contributed by atoms with E-state index in [2.05, 4.69) is 20.3 Å². The van der Waals surface area contributed by atoms with Gasteiger partial charge in [0, 0.05) is 30.1 Å². The normalized spacial score (nSPS) is 16.5. The lowest BCUT2D eigenvalue weighted by molar-refractivity contribution is -0.0344. The Morgan fingerprint density at radius 1 is 1.18 bits per heavy atom. The number of nitrogens with zero attached hydrogens (tertiary/aromatic N) is 4. The minimum Gasteiger partial charge on any atom is -0.470 e. The third-order valence-corrected chi connectivity index (χ3v) is 5.26. The highest BCUT2D eigenvalue weighted by Gasteiger charge is 2.32. The number of likely N-dealkylation sites (tertiary alicyclic amines) is 1. The van der Waals surface area contributed by atoms with Crippen molar-refractivity contribution in [2.75, 3.05) is 11.9 Å². The largest absolute Gasteiger partial charge is 0.470 e. The summed E-state index contributed by atoms with van der Waals surface area (Å²) in [6.07, 6.45) is 4.68. The Kier molecular flexibility index (Phi) is 6.31. The molecule has 1 aromatic carbocycles. The number of carbonyl (C=O) groups excluding carboxylic acids is 1. The Hall–Kier alpha value is -3.49. The molecule has 0 spiro atoms. The summed E-state index contributed by atoms with van der Waals surface area (Å²) < 4.78 is 25.4. The number of benzene rings is 1. The Bertz CT molecular complexity index is 1160. The van der Waals surface area contributed by atoms with Crippen molar-refractivity contribution in [3.63, 3.8) is 0 Å². The number of fused-ring (bicyclic) bond motifs is 1. The van der Waals surface area contributed by atoms with Crippen LogP contribution in [-0.2, 0) is 4.74 Å². The van der Waals surface area contributed by atoms with Gasteiger partial charge in [-0.3, -0.25) is 4.90 Å². The fourth-order valence-corrected chi connectivity index (χ4v) is 3.73. The zero-order valence-electron chi connectivity index (χ0n) is 19.3. The highest BCUT2D eigenvalue weighted by molar-refractivity contribution is 5.89. The van der Waals surface area contributed by atoms with Gasteiger partial charge < -0.3 is 14.8 Å². The number of aromatic nitrogens is 3. The lowest BCUT2D eigenvalue weighted by atomic mass is 10.1. The zero-order chi connectivity index (χ0) is 23.6. The van der Waals surface area contributed by atoms with Gasteiger partial charge in [-0.2, -0.15) is 4.39 Å². The van der Waals surface area contributed by atoms with Crippen molar-refractivity contribution in [1.82, 2.24) is 19.9 Å². The van der Waals surface area contributed by atoms with Gasteiger partial charge in [-0.15, -0.1) is 0 Å². The van der Waals surface area contributed by atoms with E-state index in [1.807, 2.05) is 45.9 Å². The molecule has 1 aliphatic heterocycles. The SMILES string of the molecule is Cc1cc(Nc2ncnc3cnc(F)cc23)ccc1OC1CCCCN1C(=O)OC(C)(C)C. The number of nitrogens with one attached hydrogen (secondary N) is 1. The van der Waals surface area contributed by atoms with Crippen LogP contribution in [-0.4, -0.2) is 44.3 Å². The second-order valence-electron chi connectivity index (χ2n) is 9.09. The fourth-order valence-electron chi connectivity index (χ4n) is 3.73. The van der Waals surface area contributed by atoms with E-state index in [-0.39, 0.29) is 12.3 Å². The second-order valence-corrected chi connectivity index (χ2v) is 9.09. The van der Waals surface area contributed by atoms with Crippen LogP contribution in [0.5, 0.6) is 5.75 Å². The first kappa shape index (κ1) is 22.7. The van der Waals surface area contributed by atoms with Crippen molar-refractivity contribution < 1.29 is 18.7 Å². The molecule has 0 saturated carbocycles. The van der Waals surface area contributed by atoms with Gasteiger partial charge in [0.2, 0.25) is 5.95 Å². The standard InChI is InChI=1S/C24H28FN5O3/c1-15-11-16(29-22-17-12-20(25)26-13-18(17)27-14-28-22)8-9-19(15)32-21-7-5-6-10-30(21)23(31)33-24(2,3)4/h8-9,11-14,21H,5-7,10H2,1-4H3,(H,27,28,29). The molecule has 4 rings (SSSR count). The van der Waals surface area contributed by atoms with E-state index < -0.39 is 11.5 Å². The highest BCUT2D eigenvalue weighted by Crippen LogP contribution is 2.30. The lowest BCUT2D eigenvalue weighted by Crippen LogP contribution is -2.48. The molecule has 0 bridgehead atoms. The van der Waals surface area contributed by atoms with Gasteiger partial charge in [0.1, 0.15) is 23.5 Å². The van der Waals surface area contributed by atoms with E-state index in [0.29, 0.717) is 29.0 Å². The summed E-state index contributed by atoms with van der Waals surface area (Å²) in [6, 6.07) is 6.93. The Balaban J connectivity index is 1.51. The molecule has 3 aromatic rings. The van der Waals surface area contributed by atoms with Gasteiger partial charge in [0.15, 0.2) is 6.23 Å². The summed E-state index contributed by atoms with van der Waals surface area (Å²) in [6.45, 7) is 8.10. The van der Waals surface area contributed by atoms with Crippen LogP contribution in [0.1, 0.15) is 45.6 Å². The van der Waals surface area contributed by atoms with Crippen molar-refractivity contribution >= 4 is 28.5 Å². The van der Waals surface area contributed by atoms with E-state index in [1.165, 1.54) is 18.6 Å². The molecule has 2 aromatic heterocycles. The molecular formula is C24H28FN5O3. The van der Waals surface area contributed by atoms with Crippen molar-refractivity contribution in [3.05, 3.63) is 48.3 Å². The summed E-state index contributed by atoms with van der Waals surface area (Å²) in [5.41, 5.74) is 1.64. The maximum atomic E-state index is 13.6. The van der Waals surface area contributed by atoms with Crippen LogP contribution < -0.4 is 10.1 Å². The molecule has 33 heavy (non-hydrogen) atoms. The molecule has 8 nitrogen and oxygen atoms in total. The Morgan fingerprint density at radius 2 is 2.00 bits per heavy atom. The van der Waals surface area contributed by atoms with Gasteiger partial charge in [-0.1, -0.05) is 0 Å². The highest BCUT2D eigenvalue weighted by atomic mass is 19.1. The average molecular weight is 454 g/mol. The molecule has 9 heteroatoms. The summed E-state index contributed by atoms with van der Waals surface area (Å²) in [5, 5.41) is 3.75. The number of rotatable bonds is 4. The molecular weight excluding hydrogens is 425 g/mol. The van der Waals surface area contributed by atoms with Crippen LogP contribution in [0.15, 0.2) is 36.8 Å². The number of halogens is 1. The topological polar surface area (TPSA) is 89.5 Å². The molecule has 1 aliphatic rings. The first-order chi connectivity index (χ1) is 15.7. The lowest BCUT2D eigenvalue weighted by Gasteiger charge is -2.36. The first-order valence-electron chi connectivity index (χ1n) is 11.0. The van der Waals surface area contributed by atoms with E-state index in [4.69, 9.17) is 9.47 Å². The minimum absolute atomic E-state index is 0.361. The van der Waals surface area contributed by atoms with Crippen LogP contribution in [0.25, 0.3) is 10.9 Å². The van der Waals surface area contributed by atoms with Crippen molar-refractivity contribution in [2.45, 2.75) is 58.8 Å². The van der Waals surface area contributed by atoms with Crippen molar-refractivity contribution in [2.24, 2.45) is 0 Å². The van der Waals surface area contributed by atoms with Crippen LogP contribution in [0.2, 0.25) is 0 Å². The van der Waals surface area contributed by atoms with Gasteiger partial charge >= 0.3 is 6.09 Å². The Labute approximate surface area is 192 Å². The van der Waals surface area contributed by atoms with Crippen LogP contribution >= 0.6 is 0 Å². The van der Waals surface area contributed by atoms with E-state index in [9.17, 15) is 9.18 Å². The molecule has 1 atom stereocenters. The van der Waals surface area contributed by atoms with E-state index in [1.54, 1.807) is 4.90 Å². The average Bonchev–Trinajstić information content (AvgIpc) is 2.75. The number of pyridine rings is 1. The monoisotopic (exact) mass is 453 g/mol. The quantitative estimate of drug-likeness (QED) is 0.533. The number of amides is 1. The maximum Gasteiger partial charge on any atom is 0.413 e. The van der Waals surface area contributed by atoms with Crippen molar-refractivity contribution in [3.8, 4) is 5.75 Å². The Morgan fingerprint density at radius 3 is 2.76 bits per heavy atom. The molecule has 1 amide bonds. The van der Waals surface area contributed by atoms with Gasteiger partial charge in [0.05, 0.1) is 11.7 Å².